The van der Waals surface area contributed by atoms with Crippen LogP contribution in [0, 0.1) is 0 Å². The number of carbonyl (C=O) groups excluding carboxylic acids is 1. The topological polar surface area (TPSA) is 67.6 Å². The summed E-state index contributed by atoms with van der Waals surface area (Å²) in [7, 11) is -3.10. The van der Waals surface area contributed by atoms with Crippen LogP contribution in [0.2, 0.25) is 0 Å². The first-order chi connectivity index (χ1) is 13.4. The lowest BCUT2D eigenvalue weighted by Gasteiger charge is -2.28. The second-order valence-corrected chi connectivity index (χ2v) is 10.1. The van der Waals surface area contributed by atoms with Gasteiger partial charge in [-0.3, -0.25) is 4.79 Å². The summed E-state index contributed by atoms with van der Waals surface area (Å²) in [6, 6.07) is 17.1. The highest BCUT2D eigenvalue weighted by Gasteiger charge is 2.35. The summed E-state index contributed by atoms with van der Waals surface area (Å²) in [6.45, 7) is 0.259. The molecule has 1 aliphatic rings. The predicted octanol–water partition coefficient (Wildman–Crippen LogP) is 3.95. The summed E-state index contributed by atoms with van der Waals surface area (Å²) in [5.74, 6) is 0.668. The molecule has 0 N–H and O–H groups in total. The Morgan fingerprint density at radius 2 is 1.89 bits per heavy atom. The van der Waals surface area contributed by atoms with Gasteiger partial charge in [0, 0.05) is 6.04 Å². The molecule has 0 saturated carbocycles. The molecule has 2 heterocycles. The van der Waals surface area contributed by atoms with E-state index in [1.165, 1.54) is 0 Å². The van der Waals surface area contributed by atoms with Crippen molar-refractivity contribution < 1.29 is 17.6 Å². The lowest BCUT2D eigenvalue weighted by atomic mass is 10.0. The Morgan fingerprint density at radius 3 is 2.61 bits per heavy atom. The van der Waals surface area contributed by atoms with Crippen molar-refractivity contribution in [2.24, 2.45) is 0 Å². The number of rotatable bonds is 5. The quantitative estimate of drug-likeness (QED) is 0.576. The van der Waals surface area contributed by atoms with Crippen molar-refractivity contribution in [3.8, 4) is 0 Å². The number of furan rings is 1. The first-order valence-corrected chi connectivity index (χ1v) is 11.7. The van der Waals surface area contributed by atoms with Gasteiger partial charge in [0.1, 0.15) is 5.76 Å². The van der Waals surface area contributed by atoms with Crippen LogP contribution in [-0.2, 0) is 27.6 Å². The van der Waals surface area contributed by atoms with Crippen LogP contribution in [0.3, 0.4) is 0 Å². The van der Waals surface area contributed by atoms with Crippen molar-refractivity contribution >= 4 is 42.4 Å². The third kappa shape index (κ3) is 4.15. The maximum atomic E-state index is 13.2. The predicted molar refractivity (Wildman–Crippen MR) is 112 cm³/mol. The summed E-state index contributed by atoms with van der Waals surface area (Å²) >= 11 is 3.28. The second-order valence-electron chi connectivity index (χ2n) is 7.10. The van der Waals surface area contributed by atoms with Crippen LogP contribution in [0.15, 0.2) is 63.7 Å². The normalized spacial score (nSPS) is 18.4. The van der Waals surface area contributed by atoms with E-state index in [-0.39, 0.29) is 36.4 Å². The van der Waals surface area contributed by atoms with Gasteiger partial charge in [-0.25, -0.2) is 8.42 Å². The third-order valence-electron chi connectivity index (χ3n) is 5.15. The molecule has 1 aromatic heterocycles. The number of hydrogen-bond acceptors (Lipinski definition) is 4. The van der Waals surface area contributed by atoms with E-state index in [1.807, 2.05) is 42.5 Å². The Hall–Kier alpha value is -2.12. The first kappa shape index (κ1) is 19.2. The number of carbonyl (C=O) groups is 1. The maximum absolute atomic E-state index is 13.2. The summed E-state index contributed by atoms with van der Waals surface area (Å²) in [5.41, 5.74) is 0.939. The summed E-state index contributed by atoms with van der Waals surface area (Å²) < 4.78 is 30.1. The van der Waals surface area contributed by atoms with E-state index >= 15 is 0 Å². The molecular weight excluding hydrogens is 442 g/mol. The molecule has 1 saturated heterocycles. The zero-order chi connectivity index (χ0) is 19.7. The molecule has 5 nitrogen and oxygen atoms in total. The Bertz CT molecular complexity index is 1120. The highest BCUT2D eigenvalue weighted by molar-refractivity contribution is 9.10. The Kier molecular flexibility index (Phi) is 5.29. The van der Waals surface area contributed by atoms with Crippen LogP contribution >= 0.6 is 15.9 Å². The molecule has 7 heteroatoms. The summed E-state index contributed by atoms with van der Waals surface area (Å²) in [6.07, 6.45) is 0.686. The molecule has 1 aliphatic heterocycles. The van der Waals surface area contributed by atoms with Gasteiger partial charge in [0.2, 0.25) is 5.91 Å². The van der Waals surface area contributed by atoms with Gasteiger partial charge >= 0.3 is 0 Å². The SMILES string of the molecule is O=C(Cc1cccc2ccccc12)N(Cc1ccc(Br)o1)C1CCS(=O)(=O)C1. The van der Waals surface area contributed by atoms with E-state index in [0.29, 0.717) is 16.9 Å². The van der Waals surface area contributed by atoms with Crippen molar-refractivity contribution in [1.82, 2.24) is 4.90 Å². The molecule has 0 radical (unpaired) electrons. The number of amides is 1. The molecule has 28 heavy (non-hydrogen) atoms. The molecular formula is C21H20BrNO4S. The smallest absolute Gasteiger partial charge is 0.227 e. The van der Waals surface area contributed by atoms with Crippen LogP contribution in [0.1, 0.15) is 17.7 Å². The summed E-state index contributed by atoms with van der Waals surface area (Å²) in [4.78, 5) is 14.9. The van der Waals surface area contributed by atoms with E-state index in [9.17, 15) is 13.2 Å². The van der Waals surface area contributed by atoms with Crippen molar-refractivity contribution in [3.63, 3.8) is 0 Å². The van der Waals surface area contributed by atoms with E-state index in [1.54, 1.807) is 17.0 Å². The van der Waals surface area contributed by atoms with Crippen LogP contribution in [0.5, 0.6) is 0 Å². The second kappa shape index (κ2) is 7.72. The van der Waals surface area contributed by atoms with Crippen LogP contribution < -0.4 is 0 Å². The molecule has 0 aliphatic carbocycles. The first-order valence-electron chi connectivity index (χ1n) is 9.12. The Balaban J connectivity index is 1.62. The zero-order valence-electron chi connectivity index (χ0n) is 15.2. The van der Waals surface area contributed by atoms with E-state index in [2.05, 4.69) is 15.9 Å². The third-order valence-corrected chi connectivity index (χ3v) is 7.32. The molecule has 4 rings (SSSR count). The van der Waals surface area contributed by atoms with Gasteiger partial charge in [0.15, 0.2) is 14.5 Å². The summed E-state index contributed by atoms with van der Waals surface area (Å²) in [5, 5.41) is 2.12. The molecule has 146 valence electrons. The van der Waals surface area contributed by atoms with Crippen LogP contribution in [-0.4, -0.2) is 36.8 Å². The molecule has 0 spiro atoms. The Labute approximate surface area is 172 Å². The monoisotopic (exact) mass is 461 g/mol. The van der Waals surface area contributed by atoms with Crippen molar-refractivity contribution in [2.75, 3.05) is 11.5 Å². The minimum atomic E-state index is -3.10. The van der Waals surface area contributed by atoms with Gasteiger partial charge in [0.05, 0.1) is 24.5 Å². The lowest BCUT2D eigenvalue weighted by Crippen LogP contribution is -2.41. The number of fused-ring (bicyclic) bond motifs is 1. The molecule has 0 bridgehead atoms. The molecule has 1 amide bonds. The van der Waals surface area contributed by atoms with E-state index < -0.39 is 9.84 Å². The van der Waals surface area contributed by atoms with Crippen LogP contribution in [0.4, 0.5) is 0 Å². The van der Waals surface area contributed by atoms with Crippen molar-refractivity contribution in [2.45, 2.75) is 25.4 Å². The molecule has 3 aromatic rings. The van der Waals surface area contributed by atoms with Crippen molar-refractivity contribution in [1.29, 1.82) is 0 Å². The number of benzene rings is 2. The molecule has 1 unspecified atom stereocenters. The highest BCUT2D eigenvalue weighted by atomic mass is 79.9. The fourth-order valence-corrected chi connectivity index (χ4v) is 5.83. The van der Waals surface area contributed by atoms with Gasteiger partial charge in [-0.2, -0.15) is 0 Å². The van der Waals surface area contributed by atoms with Gasteiger partial charge in [-0.15, -0.1) is 0 Å². The Morgan fingerprint density at radius 1 is 1.11 bits per heavy atom. The average molecular weight is 462 g/mol. The minimum absolute atomic E-state index is 0.0101. The number of halogens is 1. The largest absolute Gasteiger partial charge is 0.452 e. The fraction of sp³-hybridized carbons (Fsp3) is 0.286. The minimum Gasteiger partial charge on any atom is -0.452 e. The van der Waals surface area contributed by atoms with Gasteiger partial charge < -0.3 is 9.32 Å². The average Bonchev–Trinajstić information content (AvgIpc) is 3.24. The van der Waals surface area contributed by atoms with Gasteiger partial charge in [0.25, 0.3) is 0 Å². The number of nitrogens with zero attached hydrogens (tertiary/aromatic N) is 1. The van der Waals surface area contributed by atoms with Crippen molar-refractivity contribution in [3.05, 3.63) is 70.6 Å². The van der Waals surface area contributed by atoms with E-state index in [0.717, 1.165) is 16.3 Å². The molecule has 1 fully saturated rings. The lowest BCUT2D eigenvalue weighted by molar-refractivity contribution is -0.133. The molecule has 1 atom stereocenters. The molecule has 2 aromatic carbocycles. The standard InChI is InChI=1S/C21H20BrNO4S/c22-20-9-8-18(27-20)13-23(17-10-11-28(25,26)14-17)21(24)12-16-6-3-5-15-4-1-2-7-19(15)16/h1-9,17H,10-14H2. The fourth-order valence-electron chi connectivity index (χ4n) is 3.76. The zero-order valence-corrected chi connectivity index (χ0v) is 17.6. The van der Waals surface area contributed by atoms with Gasteiger partial charge in [-0.05, 0) is 50.8 Å². The van der Waals surface area contributed by atoms with Gasteiger partial charge in [-0.1, -0.05) is 42.5 Å². The number of sulfone groups is 1. The van der Waals surface area contributed by atoms with Crippen LogP contribution in [0.25, 0.3) is 10.8 Å². The van der Waals surface area contributed by atoms with E-state index in [4.69, 9.17) is 4.42 Å². The highest BCUT2D eigenvalue weighted by Crippen LogP contribution is 2.25. The maximum Gasteiger partial charge on any atom is 0.227 e. The number of hydrogen-bond donors (Lipinski definition) is 0.